The fourth-order valence-corrected chi connectivity index (χ4v) is 2.08. The maximum atomic E-state index is 11.3. The molecule has 0 spiro atoms. The summed E-state index contributed by atoms with van der Waals surface area (Å²) in [4.78, 5) is 16.2. The van der Waals surface area contributed by atoms with Crippen molar-refractivity contribution < 1.29 is 0 Å². The summed E-state index contributed by atoms with van der Waals surface area (Å²) in [6, 6.07) is 4.04. The van der Waals surface area contributed by atoms with Gasteiger partial charge >= 0.3 is 0 Å². The fraction of sp³-hybridized carbons (Fsp3) is 0.273. The largest absolute Gasteiger partial charge is 0.288 e. The summed E-state index contributed by atoms with van der Waals surface area (Å²) >= 11 is 1.66. The predicted octanol–water partition coefficient (Wildman–Crippen LogP) is 1.68. The number of aryl methyl sites for hydroxylation is 2. The normalized spacial score (nSPS) is 11.6. The SMILES string of the molecule is C/C(=N/Nc1nnc(C)c(=O)[nH]1)c1ccc(C)s1. The molecular formula is C11H13N5OS. The Kier molecular flexibility index (Phi) is 3.52. The van der Waals surface area contributed by atoms with Crippen LogP contribution in [-0.2, 0) is 0 Å². The van der Waals surface area contributed by atoms with Crippen molar-refractivity contribution in [3.8, 4) is 0 Å². The summed E-state index contributed by atoms with van der Waals surface area (Å²) in [7, 11) is 0. The molecule has 0 amide bonds. The van der Waals surface area contributed by atoms with E-state index in [4.69, 9.17) is 0 Å². The lowest BCUT2D eigenvalue weighted by atomic mass is 10.3. The third kappa shape index (κ3) is 2.80. The average molecular weight is 263 g/mol. The summed E-state index contributed by atoms with van der Waals surface area (Å²) in [5.74, 6) is 0.234. The van der Waals surface area contributed by atoms with E-state index in [-0.39, 0.29) is 11.5 Å². The standard InChI is InChI=1S/C11H13N5OS/c1-6-4-5-9(18-6)7(2)13-15-11-12-10(17)8(3)14-16-11/h4-5H,1-3H3,(H2,12,15,16,17)/b13-7-. The van der Waals surface area contributed by atoms with Crippen LogP contribution in [0.5, 0.6) is 0 Å². The van der Waals surface area contributed by atoms with Crippen LogP contribution in [0.2, 0.25) is 0 Å². The van der Waals surface area contributed by atoms with E-state index < -0.39 is 0 Å². The van der Waals surface area contributed by atoms with Gasteiger partial charge in [-0.2, -0.15) is 5.10 Å². The maximum Gasteiger partial charge on any atom is 0.274 e. The molecule has 0 bridgehead atoms. The topological polar surface area (TPSA) is 83.0 Å². The zero-order valence-electron chi connectivity index (χ0n) is 10.3. The van der Waals surface area contributed by atoms with Crippen LogP contribution in [0.15, 0.2) is 22.0 Å². The highest BCUT2D eigenvalue weighted by molar-refractivity contribution is 7.14. The van der Waals surface area contributed by atoms with Crippen molar-refractivity contribution >= 4 is 23.0 Å². The van der Waals surface area contributed by atoms with Gasteiger partial charge in [-0.3, -0.25) is 9.78 Å². The van der Waals surface area contributed by atoms with Gasteiger partial charge < -0.3 is 0 Å². The Morgan fingerprint density at radius 1 is 1.39 bits per heavy atom. The monoisotopic (exact) mass is 263 g/mol. The Labute approximate surface area is 108 Å². The van der Waals surface area contributed by atoms with Gasteiger partial charge in [-0.15, -0.1) is 21.5 Å². The molecule has 6 nitrogen and oxygen atoms in total. The van der Waals surface area contributed by atoms with Gasteiger partial charge in [-0.05, 0) is 32.9 Å². The lowest BCUT2D eigenvalue weighted by molar-refractivity contribution is 0.897. The minimum Gasteiger partial charge on any atom is -0.288 e. The minimum absolute atomic E-state index is 0.234. The fourth-order valence-electron chi connectivity index (χ4n) is 1.26. The highest BCUT2D eigenvalue weighted by Gasteiger charge is 2.02. The molecule has 2 N–H and O–H groups in total. The Morgan fingerprint density at radius 3 is 2.78 bits per heavy atom. The Balaban J connectivity index is 2.15. The number of hydrazone groups is 1. The zero-order chi connectivity index (χ0) is 13.1. The van der Waals surface area contributed by atoms with Gasteiger partial charge in [0.05, 0.1) is 10.6 Å². The Bertz CT molecular complexity index is 643. The molecule has 2 aromatic heterocycles. The van der Waals surface area contributed by atoms with E-state index in [2.05, 4.69) is 25.7 Å². The first-order valence-corrected chi connectivity index (χ1v) is 6.18. The lowest BCUT2D eigenvalue weighted by Gasteiger charge is -2.00. The molecule has 18 heavy (non-hydrogen) atoms. The molecule has 2 rings (SSSR count). The third-order valence-electron chi connectivity index (χ3n) is 2.29. The van der Waals surface area contributed by atoms with E-state index in [1.54, 1.807) is 18.3 Å². The molecule has 0 atom stereocenters. The van der Waals surface area contributed by atoms with E-state index in [1.807, 2.05) is 26.0 Å². The maximum absolute atomic E-state index is 11.3. The molecule has 0 radical (unpaired) electrons. The van der Waals surface area contributed by atoms with Crippen LogP contribution in [0.1, 0.15) is 22.4 Å². The number of anilines is 1. The van der Waals surface area contributed by atoms with Crippen molar-refractivity contribution in [1.29, 1.82) is 0 Å². The van der Waals surface area contributed by atoms with Crippen molar-refractivity contribution in [3.05, 3.63) is 37.9 Å². The molecule has 94 valence electrons. The first-order valence-electron chi connectivity index (χ1n) is 5.37. The van der Waals surface area contributed by atoms with E-state index in [0.29, 0.717) is 5.69 Å². The smallest absolute Gasteiger partial charge is 0.274 e. The number of hydrogen-bond donors (Lipinski definition) is 2. The Hall–Kier alpha value is -2.02. The number of nitrogens with zero attached hydrogens (tertiary/aromatic N) is 3. The van der Waals surface area contributed by atoms with Crippen molar-refractivity contribution in [2.45, 2.75) is 20.8 Å². The molecule has 2 heterocycles. The van der Waals surface area contributed by atoms with E-state index in [1.165, 1.54) is 4.88 Å². The van der Waals surface area contributed by atoms with Crippen LogP contribution in [0.4, 0.5) is 5.95 Å². The molecule has 7 heteroatoms. The summed E-state index contributed by atoms with van der Waals surface area (Å²) in [5.41, 5.74) is 3.57. The molecule has 0 aliphatic rings. The average Bonchev–Trinajstić information content (AvgIpc) is 2.77. The second-order valence-electron chi connectivity index (χ2n) is 3.81. The summed E-state index contributed by atoms with van der Waals surface area (Å²) < 4.78 is 0. The summed E-state index contributed by atoms with van der Waals surface area (Å²) in [5, 5.41) is 11.7. The summed E-state index contributed by atoms with van der Waals surface area (Å²) in [6.07, 6.45) is 0. The van der Waals surface area contributed by atoms with Crippen LogP contribution in [-0.4, -0.2) is 20.9 Å². The third-order valence-corrected chi connectivity index (χ3v) is 3.40. The van der Waals surface area contributed by atoms with Crippen LogP contribution >= 0.6 is 11.3 Å². The van der Waals surface area contributed by atoms with Crippen LogP contribution in [0.3, 0.4) is 0 Å². The number of H-pyrrole nitrogens is 1. The molecule has 2 aromatic rings. The van der Waals surface area contributed by atoms with Gasteiger partial charge in [0.15, 0.2) is 0 Å². The molecule has 0 fully saturated rings. The van der Waals surface area contributed by atoms with E-state index in [0.717, 1.165) is 10.6 Å². The zero-order valence-corrected chi connectivity index (χ0v) is 11.1. The quantitative estimate of drug-likeness (QED) is 0.652. The minimum atomic E-state index is -0.271. The van der Waals surface area contributed by atoms with Crippen molar-refractivity contribution in [2.24, 2.45) is 5.10 Å². The van der Waals surface area contributed by atoms with Crippen molar-refractivity contribution in [3.63, 3.8) is 0 Å². The number of aromatic amines is 1. The number of rotatable bonds is 3. The molecule has 0 aliphatic carbocycles. The highest BCUT2D eigenvalue weighted by Crippen LogP contribution is 2.15. The van der Waals surface area contributed by atoms with Gasteiger partial charge in [0.1, 0.15) is 5.69 Å². The molecule has 0 aliphatic heterocycles. The number of hydrogen-bond acceptors (Lipinski definition) is 6. The van der Waals surface area contributed by atoms with Gasteiger partial charge in [0, 0.05) is 4.88 Å². The molecule has 0 unspecified atom stereocenters. The molecule has 0 saturated carbocycles. The van der Waals surface area contributed by atoms with E-state index in [9.17, 15) is 4.79 Å². The Morgan fingerprint density at radius 2 is 2.17 bits per heavy atom. The second kappa shape index (κ2) is 5.09. The van der Waals surface area contributed by atoms with E-state index >= 15 is 0 Å². The molecule has 0 saturated heterocycles. The van der Waals surface area contributed by atoms with Gasteiger partial charge in [0.2, 0.25) is 5.95 Å². The first-order chi connectivity index (χ1) is 8.56. The summed E-state index contributed by atoms with van der Waals surface area (Å²) in [6.45, 7) is 5.52. The number of nitrogens with one attached hydrogen (secondary N) is 2. The van der Waals surface area contributed by atoms with Crippen molar-refractivity contribution in [1.82, 2.24) is 15.2 Å². The number of aromatic nitrogens is 3. The molecular weight excluding hydrogens is 250 g/mol. The van der Waals surface area contributed by atoms with Crippen LogP contribution < -0.4 is 11.0 Å². The van der Waals surface area contributed by atoms with Crippen molar-refractivity contribution in [2.75, 3.05) is 5.43 Å². The predicted molar refractivity (Wildman–Crippen MR) is 72.3 cm³/mol. The first kappa shape index (κ1) is 12.4. The van der Waals surface area contributed by atoms with Gasteiger partial charge in [0.25, 0.3) is 5.56 Å². The highest BCUT2D eigenvalue weighted by atomic mass is 32.1. The van der Waals surface area contributed by atoms with Gasteiger partial charge in [-0.25, -0.2) is 5.43 Å². The molecule has 0 aromatic carbocycles. The second-order valence-corrected chi connectivity index (χ2v) is 5.10. The van der Waals surface area contributed by atoms with Crippen LogP contribution in [0.25, 0.3) is 0 Å². The van der Waals surface area contributed by atoms with Gasteiger partial charge in [-0.1, -0.05) is 0 Å². The number of thiophene rings is 1. The van der Waals surface area contributed by atoms with Crippen LogP contribution in [0, 0.1) is 13.8 Å². The lowest BCUT2D eigenvalue weighted by Crippen LogP contribution is -2.15.